The van der Waals surface area contributed by atoms with Gasteiger partial charge in [-0.15, -0.1) is 21.5 Å². The summed E-state index contributed by atoms with van der Waals surface area (Å²) in [5.74, 6) is 0.969. The number of rotatable bonds is 6. The van der Waals surface area contributed by atoms with Crippen LogP contribution in [0.2, 0.25) is 0 Å². The van der Waals surface area contributed by atoms with Gasteiger partial charge in [-0.3, -0.25) is 4.79 Å². The fraction of sp³-hybridized carbons (Fsp3) is 0.364. The number of aliphatic carboxylic acids is 1. The summed E-state index contributed by atoms with van der Waals surface area (Å²) in [6.07, 6.45) is 0. The van der Waals surface area contributed by atoms with Crippen molar-refractivity contribution < 1.29 is 14.3 Å². The van der Waals surface area contributed by atoms with Gasteiger partial charge in [0, 0.05) is 5.75 Å². The Hall–Kier alpha value is -1.34. The van der Waals surface area contributed by atoms with E-state index in [9.17, 15) is 4.79 Å². The van der Waals surface area contributed by atoms with Crippen LogP contribution in [0.1, 0.15) is 12.8 Å². The average molecular weight is 284 g/mol. The molecule has 0 spiro atoms. The summed E-state index contributed by atoms with van der Waals surface area (Å²) in [6.45, 7) is 1.68. The van der Waals surface area contributed by atoms with Crippen molar-refractivity contribution in [3.05, 3.63) is 23.4 Å². The Balaban J connectivity index is 1.86. The van der Waals surface area contributed by atoms with Crippen LogP contribution in [0.4, 0.5) is 0 Å². The van der Waals surface area contributed by atoms with Gasteiger partial charge in [-0.25, -0.2) is 0 Å². The number of carboxylic acid groups (broad SMARTS) is 1. The highest BCUT2D eigenvalue weighted by Gasteiger charge is 2.13. The van der Waals surface area contributed by atoms with Crippen molar-refractivity contribution in [1.82, 2.24) is 10.2 Å². The Morgan fingerprint density at radius 2 is 2.44 bits per heavy atom. The van der Waals surface area contributed by atoms with Crippen LogP contribution < -0.4 is 0 Å². The predicted molar refractivity (Wildman–Crippen MR) is 70.6 cm³/mol. The van der Waals surface area contributed by atoms with E-state index in [0.717, 1.165) is 4.88 Å². The molecule has 2 aromatic rings. The second kappa shape index (κ2) is 6.01. The fourth-order valence-corrected chi connectivity index (χ4v) is 2.76. The number of carboxylic acids is 1. The Morgan fingerprint density at radius 1 is 1.61 bits per heavy atom. The molecule has 0 aliphatic rings. The van der Waals surface area contributed by atoms with E-state index in [2.05, 4.69) is 10.2 Å². The van der Waals surface area contributed by atoms with Gasteiger partial charge in [0.2, 0.25) is 5.89 Å². The molecule has 0 aliphatic heterocycles. The summed E-state index contributed by atoms with van der Waals surface area (Å²) in [6, 6.07) is 3.84. The number of thiophene rings is 1. The molecular weight excluding hydrogens is 272 g/mol. The lowest BCUT2D eigenvalue weighted by Gasteiger charge is -2.02. The van der Waals surface area contributed by atoms with Crippen molar-refractivity contribution in [2.24, 2.45) is 5.92 Å². The van der Waals surface area contributed by atoms with Crippen molar-refractivity contribution in [3.63, 3.8) is 0 Å². The van der Waals surface area contributed by atoms with Gasteiger partial charge in [-0.1, -0.05) is 13.0 Å². The van der Waals surface area contributed by atoms with E-state index in [4.69, 9.17) is 9.52 Å². The Kier molecular flexibility index (Phi) is 4.38. The van der Waals surface area contributed by atoms with Crippen LogP contribution in [0, 0.1) is 5.92 Å². The summed E-state index contributed by atoms with van der Waals surface area (Å²) in [5, 5.41) is 18.6. The van der Waals surface area contributed by atoms with E-state index < -0.39 is 5.97 Å². The SMILES string of the molecule is CC(CSCc1nnc(-c2cccs2)o1)C(=O)O. The first-order chi connectivity index (χ1) is 8.66. The lowest BCUT2D eigenvalue weighted by atomic mass is 10.2. The highest BCUT2D eigenvalue weighted by atomic mass is 32.2. The van der Waals surface area contributed by atoms with Gasteiger partial charge in [-0.05, 0) is 11.4 Å². The smallest absolute Gasteiger partial charge is 0.307 e. The van der Waals surface area contributed by atoms with E-state index in [1.54, 1.807) is 18.3 Å². The zero-order valence-corrected chi connectivity index (χ0v) is 11.3. The van der Waals surface area contributed by atoms with Crippen LogP contribution in [0.15, 0.2) is 21.9 Å². The van der Waals surface area contributed by atoms with E-state index in [-0.39, 0.29) is 5.92 Å². The topological polar surface area (TPSA) is 76.2 Å². The van der Waals surface area contributed by atoms with Crippen molar-refractivity contribution in [2.75, 3.05) is 5.75 Å². The summed E-state index contributed by atoms with van der Waals surface area (Å²) in [4.78, 5) is 11.6. The van der Waals surface area contributed by atoms with E-state index in [1.807, 2.05) is 17.5 Å². The lowest BCUT2D eigenvalue weighted by molar-refractivity contribution is -0.140. The molecule has 0 aliphatic carbocycles. The summed E-state index contributed by atoms with van der Waals surface area (Å²) < 4.78 is 5.49. The molecule has 0 radical (unpaired) electrons. The maximum Gasteiger partial charge on any atom is 0.307 e. The van der Waals surface area contributed by atoms with Gasteiger partial charge in [0.1, 0.15) is 0 Å². The van der Waals surface area contributed by atoms with Gasteiger partial charge in [-0.2, -0.15) is 11.8 Å². The number of thioether (sulfide) groups is 1. The molecule has 0 fully saturated rings. The molecule has 2 rings (SSSR count). The minimum Gasteiger partial charge on any atom is -0.481 e. The third-order valence-electron chi connectivity index (χ3n) is 2.21. The monoisotopic (exact) mass is 284 g/mol. The number of hydrogen-bond donors (Lipinski definition) is 1. The molecule has 0 amide bonds. The first kappa shape index (κ1) is 13.1. The van der Waals surface area contributed by atoms with Crippen molar-refractivity contribution >= 4 is 29.1 Å². The first-order valence-corrected chi connectivity index (χ1v) is 7.37. The summed E-state index contributed by atoms with van der Waals surface area (Å²) >= 11 is 3.02. The molecule has 5 nitrogen and oxygen atoms in total. The van der Waals surface area contributed by atoms with Gasteiger partial charge >= 0.3 is 5.97 Å². The minimum atomic E-state index is -0.785. The number of aromatic nitrogens is 2. The van der Waals surface area contributed by atoms with Crippen LogP contribution in [0.25, 0.3) is 10.8 Å². The zero-order chi connectivity index (χ0) is 13.0. The molecule has 2 heterocycles. The Bertz CT molecular complexity index is 510. The molecule has 18 heavy (non-hydrogen) atoms. The molecule has 0 saturated carbocycles. The highest BCUT2D eigenvalue weighted by Crippen LogP contribution is 2.24. The predicted octanol–water partition coefficient (Wildman–Crippen LogP) is 2.75. The van der Waals surface area contributed by atoms with Crippen LogP contribution in [-0.4, -0.2) is 27.0 Å². The molecule has 1 unspecified atom stereocenters. The van der Waals surface area contributed by atoms with Gasteiger partial charge in [0.15, 0.2) is 0 Å². The van der Waals surface area contributed by atoms with Crippen LogP contribution in [0.5, 0.6) is 0 Å². The molecule has 96 valence electrons. The number of hydrogen-bond acceptors (Lipinski definition) is 6. The highest BCUT2D eigenvalue weighted by molar-refractivity contribution is 7.98. The molecule has 2 aromatic heterocycles. The molecule has 0 aromatic carbocycles. The number of carbonyl (C=O) groups is 1. The average Bonchev–Trinajstić information content (AvgIpc) is 2.98. The standard InChI is InChI=1S/C11H12N2O3S2/c1-7(11(14)15)5-17-6-9-12-13-10(16-9)8-3-2-4-18-8/h2-4,7H,5-6H2,1H3,(H,14,15). The second-order valence-electron chi connectivity index (χ2n) is 3.73. The molecular formula is C11H12N2O3S2. The largest absolute Gasteiger partial charge is 0.481 e. The van der Waals surface area contributed by atoms with Gasteiger partial charge in [0.05, 0.1) is 16.5 Å². The normalized spacial score (nSPS) is 12.5. The molecule has 0 saturated heterocycles. The van der Waals surface area contributed by atoms with Crippen molar-refractivity contribution in [3.8, 4) is 10.8 Å². The van der Waals surface area contributed by atoms with Gasteiger partial charge in [0.25, 0.3) is 5.89 Å². The third kappa shape index (κ3) is 3.33. The Morgan fingerprint density at radius 3 is 3.11 bits per heavy atom. The van der Waals surface area contributed by atoms with E-state index >= 15 is 0 Å². The fourth-order valence-electron chi connectivity index (χ4n) is 1.21. The second-order valence-corrected chi connectivity index (χ2v) is 5.71. The molecule has 0 bridgehead atoms. The number of nitrogens with zero attached hydrogens (tertiary/aromatic N) is 2. The summed E-state index contributed by atoms with van der Waals surface area (Å²) in [7, 11) is 0. The molecule has 7 heteroatoms. The van der Waals surface area contributed by atoms with Gasteiger partial charge < -0.3 is 9.52 Å². The maximum atomic E-state index is 10.6. The maximum absolute atomic E-state index is 10.6. The van der Waals surface area contributed by atoms with E-state index in [0.29, 0.717) is 23.3 Å². The van der Waals surface area contributed by atoms with Crippen molar-refractivity contribution in [2.45, 2.75) is 12.7 Å². The van der Waals surface area contributed by atoms with Crippen LogP contribution in [0.3, 0.4) is 0 Å². The van der Waals surface area contributed by atoms with Crippen LogP contribution >= 0.6 is 23.1 Å². The van der Waals surface area contributed by atoms with E-state index in [1.165, 1.54) is 11.8 Å². The lowest BCUT2D eigenvalue weighted by Crippen LogP contribution is -2.11. The summed E-state index contributed by atoms with van der Waals surface area (Å²) in [5.41, 5.74) is 0. The van der Waals surface area contributed by atoms with Crippen LogP contribution in [-0.2, 0) is 10.5 Å². The minimum absolute atomic E-state index is 0.366. The molecule has 1 atom stereocenters. The zero-order valence-electron chi connectivity index (χ0n) is 9.70. The quantitative estimate of drug-likeness (QED) is 0.879. The third-order valence-corrected chi connectivity index (χ3v) is 4.26. The first-order valence-electron chi connectivity index (χ1n) is 5.33. The molecule has 1 N–H and O–H groups in total. The van der Waals surface area contributed by atoms with Crippen molar-refractivity contribution in [1.29, 1.82) is 0 Å². The Labute approximate surface area is 112 Å².